The topological polar surface area (TPSA) is 21.6 Å². The van der Waals surface area contributed by atoms with E-state index < -0.39 is 0 Å². The smallest absolute Gasteiger partial charge is 0.235 e. The molecule has 5 heteroatoms. The summed E-state index contributed by atoms with van der Waals surface area (Å²) >= 11 is 10.5. The summed E-state index contributed by atoms with van der Waals surface area (Å²) in [6.45, 7) is 0.379. The first-order chi connectivity index (χ1) is 5.79. The van der Waals surface area contributed by atoms with Crippen LogP contribution in [0, 0.1) is 0 Å². The Kier molecular flexibility index (Phi) is 6.77. The molecule has 0 bridgehead atoms. The molecule has 0 aliphatic carbocycles. The third-order valence-electron chi connectivity index (χ3n) is 1.21. The molecule has 0 aliphatic rings. The van der Waals surface area contributed by atoms with Crippen molar-refractivity contribution in [3.8, 4) is 0 Å². The van der Waals surface area contributed by atoms with E-state index in [1.807, 2.05) is 30.3 Å². The van der Waals surface area contributed by atoms with Gasteiger partial charge in [0.05, 0.1) is 0 Å². The second-order valence-electron chi connectivity index (χ2n) is 2.09. The lowest BCUT2D eigenvalue weighted by Gasteiger charge is -1.97. The zero-order valence-corrected chi connectivity index (χ0v) is 8.94. The van der Waals surface area contributed by atoms with Gasteiger partial charge < -0.3 is 4.84 Å². The number of oxime groups is 1. The van der Waals surface area contributed by atoms with E-state index in [2.05, 4.69) is 5.16 Å². The number of nitrogens with zero attached hydrogens (tertiary/aromatic N) is 1. The Morgan fingerprint density at radius 1 is 1.23 bits per heavy atom. The standard InChI is InChI=1S/C8H7Cl2NO.ClH/c9-8(10)11-12-6-7-4-2-1-3-5-7;/h1-5H,6H2;1H. The van der Waals surface area contributed by atoms with Gasteiger partial charge in [0.15, 0.2) is 0 Å². The molecular weight excluding hydrogens is 232 g/mol. The maximum atomic E-state index is 5.23. The summed E-state index contributed by atoms with van der Waals surface area (Å²) in [4.78, 5) is 4.81. The quantitative estimate of drug-likeness (QED) is 0.586. The molecule has 0 fully saturated rings. The van der Waals surface area contributed by atoms with Crippen LogP contribution in [0.5, 0.6) is 0 Å². The fourth-order valence-corrected chi connectivity index (χ4v) is 0.827. The Balaban J connectivity index is 0.00000144. The Labute approximate surface area is 92.9 Å². The Morgan fingerprint density at radius 2 is 1.85 bits per heavy atom. The Morgan fingerprint density at radius 3 is 2.38 bits per heavy atom. The molecule has 0 spiro atoms. The largest absolute Gasteiger partial charge is 0.389 e. The number of benzene rings is 1. The molecular formula is C8H8Cl3NO. The maximum Gasteiger partial charge on any atom is 0.235 e. The van der Waals surface area contributed by atoms with Gasteiger partial charge in [-0.25, -0.2) is 0 Å². The monoisotopic (exact) mass is 239 g/mol. The minimum absolute atomic E-state index is 0. The van der Waals surface area contributed by atoms with Gasteiger partial charge in [0.25, 0.3) is 0 Å². The van der Waals surface area contributed by atoms with Crippen molar-refractivity contribution >= 4 is 40.2 Å². The van der Waals surface area contributed by atoms with Crippen molar-refractivity contribution in [1.82, 2.24) is 0 Å². The van der Waals surface area contributed by atoms with Crippen LogP contribution in [0.1, 0.15) is 5.56 Å². The lowest BCUT2D eigenvalue weighted by Crippen LogP contribution is -1.86. The summed E-state index contributed by atoms with van der Waals surface area (Å²) in [6, 6.07) is 9.63. The first kappa shape index (κ1) is 12.6. The van der Waals surface area contributed by atoms with Crippen LogP contribution in [0.25, 0.3) is 0 Å². The molecule has 0 atom stereocenters. The lowest BCUT2D eigenvalue weighted by atomic mass is 10.2. The van der Waals surface area contributed by atoms with Crippen LogP contribution in [0.4, 0.5) is 0 Å². The SMILES string of the molecule is Cl.ClC(Cl)=NOCc1ccccc1. The van der Waals surface area contributed by atoms with Crippen molar-refractivity contribution in [2.75, 3.05) is 0 Å². The first-order valence-electron chi connectivity index (χ1n) is 3.34. The summed E-state index contributed by atoms with van der Waals surface area (Å²) in [6.07, 6.45) is 0. The number of hydrogen-bond donors (Lipinski definition) is 0. The molecule has 0 unspecified atom stereocenters. The average Bonchev–Trinajstić information content (AvgIpc) is 2.05. The van der Waals surface area contributed by atoms with Crippen LogP contribution in [-0.2, 0) is 11.4 Å². The van der Waals surface area contributed by atoms with Gasteiger partial charge in [0.1, 0.15) is 6.61 Å². The molecule has 0 aromatic heterocycles. The van der Waals surface area contributed by atoms with E-state index in [4.69, 9.17) is 28.0 Å². The molecule has 0 heterocycles. The highest BCUT2D eigenvalue weighted by Crippen LogP contribution is 2.01. The molecule has 1 aromatic rings. The number of rotatable bonds is 3. The van der Waals surface area contributed by atoms with Crippen molar-refractivity contribution in [2.45, 2.75) is 6.61 Å². The highest BCUT2D eigenvalue weighted by molar-refractivity contribution is 6.95. The van der Waals surface area contributed by atoms with E-state index in [1.165, 1.54) is 0 Å². The summed E-state index contributed by atoms with van der Waals surface area (Å²) in [5, 5.41) is 3.37. The molecule has 0 saturated carbocycles. The Hall–Kier alpha value is -0.440. The summed E-state index contributed by atoms with van der Waals surface area (Å²) in [5.74, 6) is 0. The lowest BCUT2D eigenvalue weighted by molar-refractivity contribution is 0.132. The summed E-state index contributed by atoms with van der Waals surface area (Å²) < 4.78 is -0.120. The molecule has 0 N–H and O–H groups in total. The van der Waals surface area contributed by atoms with Crippen molar-refractivity contribution in [1.29, 1.82) is 0 Å². The van der Waals surface area contributed by atoms with E-state index in [-0.39, 0.29) is 17.0 Å². The molecule has 1 rings (SSSR count). The predicted molar refractivity (Wildman–Crippen MR) is 57.6 cm³/mol. The molecule has 0 saturated heterocycles. The highest BCUT2D eigenvalue weighted by Gasteiger charge is 1.90. The second kappa shape index (κ2) is 7.01. The molecule has 2 nitrogen and oxygen atoms in total. The van der Waals surface area contributed by atoms with Crippen LogP contribution in [0.2, 0.25) is 0 Å². The maximum absolute atomic E-state index is 5.23. The van der Waals surface area contributed by atoms with Crippen molar-refractivity contribution < 1.29 is 4.84 Å². The molecule has 72 valence electrons. The van der Waals surface area contributed by atoms with Crippen LogP contribution in [0.15, 0.2) is 35.5 Å². The zero-order chi connectivity index (χ0) is 8.81. The van der Waals surface area contributed by atoms with E-state index in [9.17, 15) is 0 Å². The third-order valence-corrected chi connectivity index (χ3v) is 1.35. The molecule has 13 heavy (non-hydrogen) atoms. The van der Waals surface area contributed by atoms with Crippen molar-refractivity contribution in [3.05, 3.63) is 35.9 Å². The van der Waals surface area contributed by atoms with Gasteiger partial charge in [-0.3, -0.25) is 0 Å². The van der Waals surface area contributed by atoms with Crippen LogP contribution in [-0.4, -0.2) is 4.63 Å². The van der Waals surface area contributed by atoms with E-state index in [1.54, 1.807) is 0 Å². The Bertz CT molecular complexity index is 259. The van der Waals surface area contributed by atoms with E-state index in [0.29, 0.717) is 6.61 Å². The normalized spacial score (nSPS) is 8.46. The summed E-state index contributed by atoms with van der Waals surface area (Å²) in [7, 11) is 0. The average molecular weight is 241 g/mol. The van der Waals surface area contributed by atoms with Gasteiger partial charge in [-0.05, 0) is 28.8 Å². The van der Waals surface area contributed by atoms with Crippen LogP contribution in [0.3, 0.4) is 0 Å². The third kappa shape index (κ3) is 5.75. The molecule has 0 aliphatic heterocycles. The van der Waals surface area contributed by atoms with Crippen molar-refractivity contribution in [2.24, 2.45) is 5.16 Å². The fourth-order valence-electron chi connectivity index (χ4n) is 0.730. The first-order valence-corrected chi connectivity index (χ1v) is 4.09. The second-order valence-corrected chi connectivity index (χ2v) is 3.00. The predicted octanol–water partition coefficient (Wildman–Crippen LogP) is 3.37. The molecule has 0 radical (unpaired) electrons. The number of hydrogen-bond acceptors (Lipinski definition) is 2. The van der Waals surface area contributed by atoms with Gasteiger partial charge in [0.2, 0.25) is 4.63 Å². The summed E-state index contributed by atoms with van der Waals surface area (Å²) in [5.41, 5.74) is 1.02. The van der Waals surface area contributed by atoms with Gasteiger partial charge in [-0.15, -0.1) is 12.4 Å². The minimum Gasteiger partial charge on any atom is -0.389 e. The van der Waals surface area contributed by atoms with Gasteiger partial charge >= 0.3 is 0 Å². The fraction of sp³-hybridized carbons (Fsp3) is 0.125. The van der Waals surface area contributed by atoms with Crippen LogP contribution < -0.4 is 0 Å². The number of halogens is 3. The van der Waals surface area contributed by atoms with Gasteiger partial charge in [0, 0.05) is 0 Å². The highest BCUT2D eigenvalue weighted by atomic mass is 35.5. The zero-order valence-electron chi connectivity index (χ0n) is 6.61. The van der Waals surface area contributed by atoms with Crippen molar-refractivity contribution in [3.63, 3.8) is 0 Å². The minimum atomic E-state index is -0.120. The van der Waals surface area contributed by atoms with E-state index in [0.717, 1.165) is 5.56 Å². The molecule has 1 aromatic carbocycles. The molecule has 0 amide bonds. The van der Waals surface area contributed by atoms with Crippen LogP contribution >= 0.6 is 35.6 Å². The van der Waals surface area contributed by atoms with E-state index >= 15 is 0 Å². The van der Waals surface area contributed by atoms with Gasteiger partial charge in [-0.2, -0.15) is 0 Å². The van der Waals surface area contributed by atoms with Gasteiger partial charge in [-0.1, -0.05) is 35.5 Å².